The van der Waals surface area contributed by atoms with Crippen molar-refractivity contribution >= 4 is 15.9 Å². The van der Waals surface area contributed by atoms with E-state index >= 15 is 0 Å². The molecule has 0 amide bonds. The van der Waals surface area contributed by atoms with Crippen LogP contribution in [-0.2, 0) is 16.6 Å². The van der Waals surface area contributed by atoms with Crippen molar-refractivity contribution in [1.82, 2.24) is 4.90 Å². The molecule has 0 fully saturated rings. The second-order valence-corrected chi connectivity index (χ2v) is 7.96. The first-order valence-electron chi connectivity index (χ1n) is 8.59. The van der Waals surface area contributed by atoms with Crippen molar-refractivity contribution in [2.75, 3.05) is 14.1 Å². The Bertz CT molecular complexity index is 608. The molecule has 0 unspecified atom stereocenters. The molecule has 1 aromatic carbocycles. The highest BCUT2D eigenvalue weighted by Gasteiger charge is 2.12. The summed E-state index contributed by atoms with van der Waals surface area (Å²) in [5, 5.41) is 11.8. The third-order valence-corrected chi connectivity index (χ3v) is 5.00. The minimum Gasteiger partial charge on any atom is -0.861 e. The van der Waals surface area contributed by atoms with Gasteiger partial charge in [-0.05, 0) is 50.5 Å². The topological polar surface area (TPSA) is 72.8 Å². The lowest BCUT2D eigenvalue weighted by atomic mass is 10.1. The minimum atomic E-state index is -3.89. The largest absolute Gasteiger partial charge is 0.861 e. The molecule has 1 rings (SSSR count). The van der Waals surface area contributed by atoms with Crippen molar-refractivity contribution in [3.63, 3.8) is 0 Å². The van der Waals surface area contributed by atoms with Gasteiger partial charge in [0.1, 0.15) is 0 Å². The zero-order valence-electron chi connectivity index (χ0n) is 15.0. The highest BCUT2D eigenvalue weighted by Crippen LogP contribution is 2.15. The molecule has 0 saturated carbocycles. The number of benzene rings is 1. The molecule has 0 atom stereocenters. The molecule has 0 radical (unpaired) electrons. The van der Waals surface area contributed by atoms with Crippen molar-refractivity contribution in [2.45, 2.75) is 63.3 Å². The van der Waals surface area contributed by atoms with E-state index in [0.717, 1.165) is 24.9 Å². The molecule has 136 valence electrons. The summed E-state index contributed by atoms with van der Waals surface area (Å²) in [7, 11) is -0.00351. The molecule has 0 aromatic heterocycles. The Morgan fingerprint density at radius 2 is 1.62 bits per heavy atom. The van der Waals surface area contributed by atoms with Crippen molar-refractivity contribution in [1.29, 1.82) is 0 Å². The molecular formula is C18H29N2O3S-. The number of hydrogen-bond acceptors (Lipinski definition) is 4. The van der Waals surface area contributed by atoms with Crippen LogP contribution in [0.3, 0.4) is 0 Å². The Morgan fingerprint density at radius 1 is 1.04 bits per heavy atom. The van der Waals surface area contributed by atoms with E-state index in [-0.39, 0.29) is 11.3 Å². The van der Waals surface area contributed by atoms with Crippen LogP contribution in [0.25, 0.3) is 0 Å². The maximum absolute atomic E-state index is 12.2. The van der Waals surface area contributed by atoms with Gasteiger partial charge in [0.2, 0.25) is 0 Å². The summed E-state index contributed by atoms with van der Waals surface area (Å²) in [6.45, 7) is 2.88. The summed E-state index contributed by atoms with van der Waals surface area (Å²) in [6.07, 6.45) is 6.48. The van der Waals surface area contributed by atoms with Gasteiger partial charge in [0, 0.05) is 6.54 Å². The second-order valence-electron chi connectivity index (χ2n) is 6.36. The normalized spacial score (nSPS) is 12.8. The molecule has 0 aliphatic rings. The zero-order valence-corrected chi connectivity index (χ0v) is 15.8. The smallest absolute Gasteiger partial charge is 0.281 e. The first kappa shape index (κ1) is 20.6. The lowest BCUT2D eigenvalue weighted by Gasteiger charge is -2.11. The highest BCUT2D eigenvalue weighted by molar-refractivity contribution is 7.90. The fourth-order valence-corrected chi connectivity index (χ4v) is 3.37. The summed E-state index contributed by atoms with van der Waals surface area (Å²) in [5.74, 6) is -0.553. The average Bonchev–Trinajstić information content (AvgIpc) is 2.50. The van der Waals surface area contributed by atoms with E-state index < -0.39 is 15.9 Å². The van der Waals surface area contributed by atoms with Crippen LogP contribution in [0, 0.1) is 0 Å². The van der Waals surface area contributed by atoms with Crippen LogP contribution in [0.4, 0.5) is 0 Å². The Hall–Kier alpha value is -1.40. The van der Waals surface area contributed by atoms with Gasteiger partial charge in [0.15, 0.2) is 0 Å². The lowest BCUT2D eigenvalue weighted by molar-refractivity contribution is -0.218. The fourth-order valence-electron chi connectivity index (χ4n) is 2.42. The van der Waals surface area contributed by atoms with Gasteiger partial charge in [-0.15, -0.1) is 0 Å². The number of sulfonamides is 1. The number of nitrogens with zero attached hydrogens (tertiary/aromatic N) is 2. The highest BCUT2D eigenvalue weighted by atomic mass is 32.2. The Balaban J connectivity index is 2.57. The predicted octanol–water partition coefficient (Wildman–Crippen LogP) is 2.95. The van der Waals surface area contributed by atoms with Gasteiger partial charge in [-0.1, -0.05) is 51.2 Å². The van der Waals surface area contributed by atoms with Crippen molar-refractivity contribution in [2.24, 2.45) is 4.40 Å². The van der Waals surface area contributed by atoms with E-state index in [1.54, 1.807) is 12.1 Å². The molecular weight excluding hydrogens is 324 g/mol. The van der Waals surface area contributed by atoms with Gasteiger partial charge in [-0.3, -0.25) is 0 Å². The quantitative estimate of drug-likeness (QED) is 0.348. The summed E-state index contributed by atoms with van der Waals surface area (Å²) in [6, 6.07) is 6.52. The summed E-state index contributed by atoms with van der Waals surface area (Å²) >= 11 is 0. The van der Waals surface area contributed by atoms with Crippen molar-refractivity contribution in [3.05, 3.63) is 29.8 Å². The van der Waals surface area contributed by atoms with Gasteiger partial charge in [0.25, 0.3) is 10.0 Å². The van der Waals surface area contributed by atoms with Gasteiger partial charge < -0.3 is 10.0 Å². The summed E-state index contributed by atoms with van der Waals surface area (Å²) in [4.78, 5) is 2.07. The first-order valence-corrected chi connectivity index (χ1v) is 10.0. The van der Waals surface area contributed by atoms with Crippen LogP contribution in [0.5, 0.6) is 0 Å². The molecule has 0 aliphatic carbocycles. The van der Waals surface area contributed by atoms with Gasteiger partial charge >= 0.3 is 0 Å². The first-order chi connectivity index (χ1) is 11.3. The molecule has 0 N–H and O–H groups in total. The molecule has 0 bridgehead atoms. The maximum atomic E-state index is 12.2. The zero-order chi connectivity index (χ0) is 18.0. The molecule has 1 aromatic rings. The van der Waals surface area contributed by atoms with Crippen molar-refractivity contribution in [3.8, 4) is 0 Å². The Labute approximate surface area is 146 Å². The molecule has 0 heterocycles. The molecule has 24 heavy (non-hydrogen) atoms. The van der Waals surface area contributed by atoms with Gasteiger partial charge in [-0.25, -0.2) is 0 Å². The van der Waals surface area contributed by atoms with E-state index in [4.69, 9.17) is 0 Å². The number of rotatable bonds is 11. The van der Waals surface area contributed by atoms with E-state index in [9.17, 15) is 13.5 Å². The maximum Gasteiger partial charge on any atom is 0.281 e. The molecule has 0 aliphatic heterocycles. The van der Waals surface area contributed by atoms with Crippen LogP contribution in [0.2, 0.25) is 0 Å². The van der Waals surface area contributed by atoms with Crippen LogP contribution in [0.15, 0.2) is 33.6 Å². The van der Waals surface area contributed by atoms with E-state index in [0.29, 0.717) is 6.42 Å². The molecule has 0 saturated heterocycles. The molecule has 0 spiro atoms. The fraction of sp³-hybridized carbons (Fsp3) is 0.611. The number of unbranched alkanes of at least 4 members (excludes halogenated alkanes) is 5. The number of hydrogen-bond donors (Lipinski definition) is 0. The monoisotopic (exact) mass is 353 g/mol. The summed E-state index contributed by atoms with van der Waals surface area (Å²) in [5.41, 5.74) is 1.01. The Morgan fingerprint density at radius 3 is 2.21 bits per heavy atom. The summed E-state index contributed by atoms with van der Waals surface area (Å²) < 4.78 is 27.7. The van der Waals surface area contributed by atoms with Gasteiger partial charge in [0.05, 0.1) is 4.90 Å². The van der Waals surface area contributed by atoms with E-state index in [2.05, 4.69) is 11.3 Å². The average molecular weight is 354 g/mol. The van der Waals surface area contributed by atoms with Crippen LogP contribution >= 0.6 is 0 Å². The molecule has 5 nitrogen and oxygen atoms in total. The third-order valence-electron chi connectivity index (χ3n) is 3.69. The standard InChI is InChI=1S/C18H30N2O3S/c1-4-5-6-7-8-9-10-18(21)19-24(22,23)17-13-11-16(12-14-17)15-20(2)3/h11-14H,4-10,15H2,1-3H3,(H,19,21)/p-1. The van der Waals surface area contributed by atoms with Crippen molar-refractivity contribution < 1.29 is 13.5 Å². The minimum absolute atomic E-state index is 0.0706. The van der Waals surface area contributed by atoms with Crippen LogP contribution in [0.1, 0.15) is 57.4 Å². The Kier molecular flexibility index (Phi) is 9.00. The van der Waals surface area contributed by atoms with E-state index in [1.165, 1.54) is 31.4 Å². The van der Waals surface area contributed by atoms with E-state index in [1.807, 2.05) is 19.0 Å². The van der Waals surface area contributed by atoms with Crippen LogP contribution in [-0.4, -0.2) is 33.3 Å². The second kappa shape index (κ2) is 10.5. The van der Waals surface area contributed by atoms with Gasteiger partial charge in [-0.2, -0.15) is 12.8 Å². The SMILES string of the molecule is CCCCCCCC/C([O-])=N/S(=O)(=O)c1ccc(CN(C)C)cc1. The predicted molar refractivity (Wildman–Crippen MR) is 96.4 cm³/mol. The lowest BCUT2D eigenvalue weighted by Crippen LogP contribution is -2.19. The molecule has 6 heteroatoms. The van der Waals surface area contributed by atoms with Crippen LogP contribution < -0.4 is 5.11 Å². The third kappa shape index (κ3) is 7.93.